The number of nitrogens with zero attached hydrogens (tertiary/aromatic N) is 2. The number of ether oxygens (including phenoxy) is 1. The quantitative estimate of drug-likeness (QED) is 0.542. The number of aryl methyl sites for hydroxylation is 1. The average Bonchev–Trinajstić information content (AvgIpc) is 2.73. The van der Waals surface area contributed by atoms with Gasteiger partial charge in [-0.15, -0.1) is 0 Å². The molecule has 0 radical (unpaired) electrons. The predicted octanol–water partition coefficient (Wildman–Crippen LogP) is 3.57. The zero-order valence-electron chi connectivity index (χ0n) is 18.0. The molecule has 2 aliphatic heterocycles. The lowest BCUT2D eigenvalue weighted by atomic mass is 9.99. The first-order valence-electron chi connectivity index (χ1n) is 10.7. The molecule has 3 rings (SSSR count). The van der Waals surface area contributed by atoms with Crippen molar-refractivity contribution in [1.82, 2.24) is 10.6 Å². The van der Waals surface area contributed by atoms with Gasteiger partial charge in [-0.1, -0.05) is 0 Å². The predicted molar refractivity (Wildman–Crippen MR) is 122 cm³/mol. The van der Waals surface area contributed by atoms with Crippen LogP contribution in [-0.2, 0) is 4.74 Å². The topological polar surface area (TPSA) is 48.9 Å². The lowest BCUT2D eigenvalue weighted by molar-refractivity contribution is 0.0794. The fourth-order valence-corrected chi connectivity index (χ4v) is 4.96. The van der Waals surface area contributed by atoms with Crippen molar-refractivity contribution in [1.29, 1.82) is 0 Å². The summed E-state index contributed by atoms with van der Waals surface area (Å²) in [6.45, 7) is 9.30. The molecule has 0 aromatic heterocycles. The molecule has 7 heteroatoms. The highest BCUT2D eigenvalue weighted by Crippen LogP contribution is 2.34. The van der Waals surface area contributed by atoms with Crippen LogP contribution in [0.4, 0.5) is 10.1 Å². The van der Waals surface area contributed by atoms with Gasteiger partial charge in [0.15, 0.2) is 5.96 Å². The van der Waals surface area contributed by atoms with E-state index in [4.69, 9.17) is 9.73 Å². The van der Waals surface area contributed by atoms with Gasteiger partial charge in [-0.05, 0) is 69.5 Å². The molecule has 2 N–H and O–H groups in total. The van der Waals surface area contributed by atoms with E-state index in [1.54, 1.807) is 12.1 Å². The molecule has 1 atom stereocenters. The van der Waals surface area contributed by atoms with E-state index in [9.17, 15) is 4.39 Å². The highest BCUT2D eigenvalue weighted by molar-refractivity contribution is 8.00. The molecular weight excluding hydrogens is 387 g/mol. The maximum atomic E-state index is 13.5. The van der Waals surface area contributed by atoms with E-state index >= 15 is 0 Å². The summed E-state index contributed by atoms with van der Waals surface area (Å²) in [6.07, 6.45) is 6.52. The number of nitrogens with one attached hydrogen (secondary N) is 2. The van der Waals surface area contributed by atoms with Gasteiger partial charge in [0.05, 0.1) is 6.54 Å². The van der Waals surface area contributed by atoms with Crippen LogP contribution in [0.1, 0.15) is 38.2 Å². The summed E-state index contributed by atoms with van der Waals surface area (Å²) < 4.78 is 19.2. The standard InChI is InChI=1S/C22H35FN4OS/c1-4-24-21(25-16-22(29-3)9-12-28-13-10-22)26-19-6-5-11-27(15-19)20-8-7-18(23)14-17(20)2/h7-8,14,19H,4-6,9-13,15-16H2,1-3H3,(H2,24,25,26). The number of hydrogen-bond donors (Lipinski definition) is 2. The van der Waals surface area contributed by atoms with Crippen LogP contribution in [0, 0.1) is 12.7 Å². The van der Waals surface area contributed by atoms with E-state index in [1.807, 2.05) is 24.8 Å². The number of aliphatic imine (C=N–C) groups is 1. The Morgan fingerprint density at radius 1 is 1.38 bits per heavy atom. The van der Waals surface area contributed by atoms with E-state index < -0.39 is 0 Å². The molecule has 2 saturated heterocycles. The summed E-state index contributed by atoms with van der Waals surface area (Å²) in [5.74, 6) is 0.727. The molecular formula is C22H35FN4OS. The maximum absolute atomic E-state index is 13.5. The van der Waals surface area contributed by atoms with Gasteiger partial charge in [-0.25, -0.2) is 4.39 Å². The number of rotatable bonds is 6. The number of piperidine rings is 1. The Hall–Kier alpha value is -1.47. The van der Waals surface area contributed by atoms with Crippen molar-refractivity contribution in [3.63, 3.8) is 0 Å². The van der Waals surface area contributed by atoms with Gasteiger partial charge >= 0.3 is 0 Å². The molecule has 0 spiro atoms. The summed E-state index contributed by atoms with van der Waals surface area (Å²) >= 11 is 1.92. The first kappa shape index (κ1) is 22.2. The molecule has 2 fully saturated rings. The number of thioether (sulfide) groups is 1. The van der Waals surface area contributed by atoms with Crippen LogP contribution in [0.2, 0.25) is 0 Å². The van der Waals surface area contributed by atoms with Crippen LogP contribution in [0.15, 0.2) is 23.2 Å². The fraction of sp³-hybridized carbons (Fsp3) is 0.682. The zero-order chi connectivity index (χ0) is 20.7. The van der Waals surface area contributed by atoms with Crippen molar-refractivity contribution in [2.24, 2.45) is 4.99 Å². The molecule has 2 heterocycles. The highest BCUT2D eigenvalue weighted by Gasteiger charge is 2.32. The minimum absolute atomic E-state index is 0.171. The zero-order valence-corrected chi connectivity index (χ0v) is 18.8. The molecule has 5 nitrogen and oxygen atoms in total. The van der Waals surface area contributed by atoms with Gasteiger partial charge in [-0.3, -0.25) is 4.99 Å². The Bertz CT molecular complexity index is 693. The summed E-state index contributed by atoms with van der Waals surface area (Å²) in [4.78, 5) is 7.31. The third-order valence-electron chi connectivity index (χ3n) is 5.97. The molecule has 0 saturated carbocycles. The second-order valence-electron chi connectivity index (χ2n) is 8.05. The van der Waals surface area contributed by atoms with Gasteiger partial charge in [-0.2, -0.15) is 11.8 Å². The second kappa shape index (κ2) is 10.5. The van der Waals surface area contributed by atoms with Crippen molar-refractivity contribution < 1.29 is 9.13 Å². The number of hydrogen-bond acceptors (Lipinski definition) is 4. The van der Waals surface area contributed by atoms with Crippen LogP contribution >= 0.6 is 11.8 Å². The SMILES string of the molecule is CCNC(=NCC1(SC)CCOCC1)NC1CCCN(c2ccc(F)cc2C)C1. The molecule has 1 unspecified atom stereocenters. The number of anilines is 1. The number of guanidine groups is 1. The van der Waals surface area contributed by atoms with Crippen LogP contribution in [0.5, 0.6) is 0 Å². The van der Waals surface area contributed by atoms with E-state index in [0.29, 0.717) is 6.04 Å². The van der Waals surface area contributed by atoms with Crippen molar-refractivity contribution >= 4 is 23.4 Å². The molecule has 162 valence electrons. The van der Waals surface area contributed by atoms with Crippen molar-refractivity contribution in [3.05, 3.63) is 29.6 Å². The molecule has 0 amide bonds. The number of benzene rings is 1. The Kier molecular flexibility index (Phi) is 8.07. The lowest BCUT2D eigenvalue weighted by Gasteiger charge is -2.37. The third kappa shape index (κ3) is 6.01. The van der Waals surface area contributed by atoms with Crippen molar-refractivity contribution in [2.75, 3.05) is 50.5 Å². The van der Waals surface area contributed by atoms with Crippen LogP contribution in [0.25, 0.3) is 0 Å². The van der Waals surface area contributed by atoms with E-state index in [0.717, 1.165) is 82.3 Å². The first-order valence-corrected chi connectivity index (χ1v) is 12.0. The summed E-state index contributed by atoms with van der Waals surface area (Å²) in [5, 5.41) is 7.07. The maximum Gasteiger partial charge on any atom is 0.191 e. The van der Waals surface area contributed by atoms with Crippen LogP contribution in [0.3, 0.4) is 0 Å². The Labute approximate surface area is 178 Å². The van der Waals surface area contributed by atoms with Gasteiger partial charge in [0.1, 0.15) is 5.82 Å². The van der Waals surface area contributed by atoms with Crippen LogP contribution in [-0.4, -0.2) is 62.4 Å². The Morgan fingerprint density at radius 2 is 2.17 bits per heavy atom. The molecule has 29 heavy (non-hydrogen) atoms. The minimum atomic E-state index is -0.171. The van der Waals surface area contributed by atoms with E-state index in [2.05, 4.69) is 28.7 Å². The number of halogens is 1. The molecule has 0 bridgehead atoms. The van der Waals surface area contributed by atoms with Gasteiger partial charge in [0.2, 0.25) is 0 Å². The average molecular weight is 423 g/mol. The summed E-state index contributed by atoms with van der Waals surface area (Å²) in [5.41, 5.74) is 2.12. The summed E-state index contributed by atoms with van der Waals surface area (Å²) in [7, 11) is 0. The van der Waals surface area contributed by atoms with Crippen molar-refractivity contribution in [3.8, 4) is 0 Å². The minimum Gasteiger partial charge on any atom is -0.381 e. The Balaban J connectivity index is 1.64. The highest BCUT2D eigenvalue weighted by atomic mass is 32.2. The molecule has 2 aliphatic rings. The second-order valence-corrected chi connectivity index (χ2v) is 9.33. The monoisotopic (exact) mass is 422 g/mol. The third-order valence-corrected chi connectivity index (χ3v) is 7.37. The van der Waals surface area contributed by atoms with E-state index in [1.165, 1.54) is 0 Å². The molecule has 1 aromatic carbocycles. The van der Waals surface area contributed by atoms with Gasteiger partial charge in [0, 0.05) is 49.3 Å². The van der Waals surface area contributed by atoms with Crippen LogP contribution < -0.4 is 15.5 Å². The normalized spacial score (nSPS) is 22.4. The summed E-state index contributed by atoms with van der Waals surface area (Å²) in [6, 6.07) is 5.40. The van der Waals surface area contributed by atoms with Gasteiger partial charge in [0.25, 0.3) is 0 Å². The smallest absolute Gasteiger partial charge is 0.191 e. The largest absolute Gasteiger partial charge is 0.381 e. The molecule has 0 aliphatic carbocycles. The van der Waals surface area contributed by atoms with Crippen molar-refractivity contribution in [2.45, 2.75) is 50.3 Å². The van der Waals surface area contributed by atoms with E-state index in [-0.39, 0.29) is 10.6 Å². The first-order chi connectivity index (χ1) is 14.0. The Morgan fingerprint density at radius 3 is 2.86 bits per heavy atom. The lowest BCUT2D eigenvalue weighted by Crippen LogP contribution is -2.51. The molecule has 1 aromatic rings. The fourth-order valence-electron chi connectivity index (χ4n) is 4.19. The van der Waals surface area contributed by atoms with Gasteiger partial charge < -0.3 is 20.3 Å².